The second kappa shape index (κ2) is 10.6. The van der Waals surface area contributed by atoms with Crippen molar-refractivity contribution >= 4 is 51.0 Å². The van der Waals surface area contributed by atoms with E-state index in [0.717, 1.165) is 26.9 Å². The van der Waals surface area contributed by atoms with Crippen LogP contribution in [0.2, 0.25) is 5.02 Å². The molecule has 176 valence electrons. The first kappa shape index (κ1) is 23.6. The van der Waals surface area contributed by atoms with Crippen molar-refractivity contribution in [1.29, 1.82) is 5.26 Å². The van der Waals surface area contributed by atoms with Crippen molar-refractivity contribution in [3.05, 3.63) is 123 Å². The van der Waals surface area contributed by atoms with E-state index in [-0.39, 0.29) is 5.57 Å². The number of nitrogens with zero attached hydrogens (tertiary/aromatic N) is 3. The van der Waals surface area contributed by atoms with Crippen LogP contribution in [0, 0.1) is 11.3 Å². The Balaban J connectivity index is 1.36. The van der Waals surface area contributed by atoms with E-state index < -0.39 is 5.91 Å². The number of para-hydroxylation sites is 1. The molecule has 0 aliphatic carbocycles. The van der Waals surface area contributed by atoms with Crippen LogP contribution in [0.25, 0.3) is 17.0 Å². The number of nitrogens with one attached hydrogen (secondary N) is 1. The monoisotopic (exact) mass is 508 g/mol. The molecule has 5 aromatic rings. The van der Waals surface area contributed by atoms with Crippen molar-refractivity contribution in [3.8, 4) is 6.07 Å². The summed E-state index contributed by atoms with van der Waals surface area (Å²) < 4.78 is 2.13. The molecule has 0 saturated heterocycles. The molecule has 0 aliphatic rings. The highest BCUT2D eigenvalue weighted by atomic mass is 35.5. The van der Waals surface area contributed by atoms with Crippen LogP contribution < -0.4 is 5.32 Å². The zero-order valence-electron chi connectivity index (χ0n) is 19.2. The van der Waals surface area contributed by atoms with E-state index in [4.69, 9.17) is 11.6 Å². The third-order valence-corrected chi connectivity index (χ3v) is 6.87. The summed E-state index contributed by atoms with van der Waals surface area (Å²) in [7, 11) is 0. The molecule has 7 heteroatoms. The number of amides is 1. The number of aromatic nitrogens is 2. The van der Waals surface area contributed by atoms with Gasteiger partial charge in [0.05, 0.1) is 0 Å². The molecule has 3 aromatic carbocycles. The fourth-order valence-corrected chi connectivity index (χ4v) is 5.12. The number of halogens is 1. The number of rotatable bonds is 7. The number of hydrogen-bond donors (Lipinski definition) is 1. The van der Waals surface area contributed by atoms with E-state index in [9.17, 15) is 10.1 Å². The quantitative estimate of drug-likeness (QED) is 0.191. The third-order valence-electron chi connectivity index (χ3n) is 5.72. The second-order valence-corrected chi connectivity index (χ2v) is 9.83. The van der Waals surface area contributed by atoms with Gasteiger partial charge in [-0.1, -0.05) is 72.3 Å². The highest BCUT2D eigenvalue weighted by Crippen LogP contribution is 2.26. The van der Waals surface area contributed by atoms with Gasteiger partial charge in [-0.2, -0.15) is 5.26 Å². The van der Waals surface area contributed by atoms with Crippen LogP contribution in [-0.2, 0) is 17.8 Å². The molecule has 0 saturated carbocycles. The van der Waals surface area contributed by atoms with Crippen LogP contribution in [0.3, 0.4) is 0 Å². The highest BCUT2D eigenvalue weighted by Gasteiger charge is 2.15. The van der Waals surface area contributed by atoms with Gasteiger partial charge in [-0.05, 0) is 35.4 Å². The molecule has 0 bridgehead atoms. The minimum atomic E-state index is -0.485. The van der Waals surface area contributed by atoms with Crippen molar-refractivity contribution in [3.63, 3.8) is 0 Å². The number of nitriles is 1. The van der Waals surface area contributed by atoms with Crippen LogP contribution >= 0.6 is 22.9 Å². The molecule has 0 aliphatic heterocycles. The molecule has 5 rings (SSSR count). The zero-order valence-corrected chi connectivity index (χ0v) is 20.8. The molecule has 1 amide bonds. The molecule has 36 heavy (non-hydrogen) atoms. The first-order chi connectivity index (χ1) is 17.6. The molecule has 0 radical (unpaired) electrons. The van der Waals surface area contributed by atoms with Gasteiger partial charge in [-0.3, -0.25) is 10.1 Å². The van der Waals surface area contributed by atoms with Gasteiger partial charge in [0.15, 0.2) is 5.13 Å². The maximum Gasteiger partial charge on any atom is 0.268 e. The lowest BCUT2D eigenvalue weighted by Crippen LogP contribution is -2.13. The van der Waals surface area contributed by atoms with E-state index in [0.29, 0.717) is 23.1 Å². The lowest BCUT2D eigenvalue weighted by Gasteiger charge is -2.05. The standard InChI is InChI=1S/C29H21ClN4OS/c30-24-10-6-9-21(13-24)14-25-17-32-29(36-25)33-28(35)22(16-31)15-23-19-34(18-20-7-2-1-3-8-20)27-12-5-4-11-26(23)27/h1-13,15,17,19H,14,18H2,(H,32,33,35). The Bertz CT molecular complexity index is 1610. The summed E-state index contributed by atoms with van der Waals surface area (Å²) in [6, 6.07) is 27.8. The number of fused-ring (bicyclic) bond motifs is 1. The number of thiazole rings is 1. The largest absolute Gasteiger partial charge is 0.342 e. The number of benzene rings is 3. The van der Waals surface area contributed by atoms with E-state index in [1.165, 1.54) is 16.9 Å². The Morgan fingerprint density at radius 3 is 2.64 bits per heavy atom. The first-order valence-corrected chi connectivity index (χ1v) is 12.5. The van der Waals surface area contributed by atoms with Crippen molar-refractivity contribution < 1.29 is 4.79 Å². The van der Waals surface area contributed by atoms with E-state index in [1.54, 1.807) is 12.3 Å². The molecule has 2 aromatic heterocycles. The molecule has 2 heterocycles. The molecule has 5 nitrogen and oxygen atoms in total. The predicted molar refractivity (Wildman–Crippen MR) is 146 cm³/mol. The minimum absolute atomic E-state index is 0.0178. The van der Waals surface area contributed by atoms with Crippen molar-refractivity contribution in [2.45, 2.75) is 13.0 Å². The minimum Gasteiger partial charge on any atom is -0.342 e. The number of carbonyl (C=O) groups excluding carboxylic acids is 1. The smallest absolute Gasteiger partial charge is 0.268 e. The Labute approximate surface area is 217 Å². The van der Waals surface area contributed by atoms with Crippen LogP contribution in [-0.4, -0.2) is 15.5 Å². The fourth-order valence-electron chi connectivity index (χ4n) is 4.06. The van der Waals surface area contributed by atoms with Gasteiger partial charge in [-0.15, -0.1) is 11.3 Å². The van der Waals surface area contributed by atoms with Gasteiger partial charge < -0.3 is 4.57 Å². The SMILES string of the molecule is N#CC(=Cc1cn(Cc2ccccc2)c2ccccc12)C(=O)Nc1ncc(Cc2cccc(Cl)c2)s1. The Morgan fingerprint density at radius 1 is 1.06 bits per heavy atom. The van der Waals surface area contributed by atoms with E-state index in [2.05, 4.69) is 27.0 Å². The zero-order chi connectivity index (χ0) is 24.9. The second-order valence-electron chi connectivity index (χ2n) is 8.28. The van der Waals surface area contributed by atoms with Gasteiger partial charge in [0.25, 0.3) is 5.91 Å². The maximum absolute atomic E-state index is 12.9. The number of carbonyl (C=O) groups is 1. The van der Waals surface area contributed by atoms with Crippen LogP contribution in [0.4, 0.5) is 5.13 Å². The van der Waals surface area contributed by atoms with E-state index >= 15 is 0 Å². The predicted octanol–water partition coefficient (Wildman–Crippen LogP) is 6.94. The topological polar surface area (TPSA) is 70.7 Å². The molecule has 0 spiro atoms. The Morgan fingerprint density at radius 2 is 1.83 bits per heavy atom. The average molecular weight is 509 g/mol. The third kappa shape index (κ3) is 5.38. The molecule has 1 N–H and O–H groups in total. The summed E-state index contributed by atoms with van der Waals surface area (Å²) in [5, 5.41) is 14.6. The number of anilines is 1. The summed E-state index contributed by atoms with van der Waals surface area (Å²) in [5.41, 5.74) is 4.10. The van der Waals surface area contributed by atoms with Crippen LogP contribution in [0.5, 0.6) is 0 Å². The highest BCUT2D eigenvalue weighted by molar-refractivity contribution is 7.15. The van der Waals surface area contributed by atoms with Gasteiger partial charge in [0.2, 0.25) is 0 Å². The molecule has 0 unspecified atom stereocenters. The number of hydrogen-bond acceptors (Lipinski definition) is 4. The first-order valence-electron chi connectivity index (χ1n) is 11.3. The maximum atomic E-state index is 12.9. The van der Waals surface area contributed by atoms with Crippen molar-refractivity contribution in [2.75, 3.05) is 5.32 Å². The summed E-state index contributed by atoms with van der Waals surface area (Å²) >= 11 is 7.45. The fraction of sp³-hybridized carbons (Fsp3) is 0.0690. The van der Waals surface area contributed by atoms with Crippen LogP contribution in [0.1, 0.15) is 21.6 Å². The van der Waals surface area contributed by atoms with Gasteiger partial charge >= 0.3 is 0 Å². The normalized spacial score (nSPS) is 11.4. The van der Waals surface area contributed by atoms with Gasteiger partial charge in [0, 0.05) is 51.7 Å². The Hall–Kier alpha value is -4.18. The summed E-state index contributed by atoms with van der Waals surface area (Å²) in [6.07, 6.45) is 6.01. The average Bonchev–Trinajstić information content (AvgIpc) is 3.47. The van der Waals surface area contributed by atoms with E-state index in [1.807, 2.05) is 79.0 Å². The summed E-state index contributed by atoms with van der Waals surface area (Å²) in [4.78, 5) is 18.2. The summed E-state index contributed by atoms with van der Waals surface area (Å²) in [5.74, 6) is -0.485. The molecular weight excluding hydrogens is 488 g/mol. The lowest BCUT2D eigenvalue weighted by atomic mass is 10.1. The van der Waals surface area contributed by atoms with Gasteiger partial charge in [0.1, 0.15) is 11.6 Å². The molecule has 0 atom stereocenters. The van der Waals surface area contributed by atoms with Crippen molar-refractivity contribution in [2.24, 2.45) is 0 Å². The Kier molecular flexibility index (Phi) is 6.94. The van der Waals surface area contributed by atoms with Crippen LogP contribution in [0.15, 0.2) is 96.8 Å². The molecule has 0 fully saturated rings. The molecular formula is C29H21ClN4OS. The van der Waals surface area contributed by atoms with Gasteiger partial charge in [-0.25, -0.2) is 4.98 Å². The van der Waals surface area contributed by atoms with Crippen molar-refractivity contribution in [1.82, 2.24) is 9.55 Å². The summed E-state index contributed by atoms with van der Waals surface area (Å²) in [6.45, 7) is 0.692. The lowest BCUT2D eigenvalue weighted by molar-refractivity contribution is -0.112.